The Balaban J connectivity index is 1.17. The van der Waals surface area contributed by atoms with E-state index in [-0.39, 0.29) is 0 Å². The average Bonchev–Trinajstić information content (AvgIpc) is 3.19. The number of aryl methyl sites for hydroxylation is 1. The van der Waals surface area contributed by atoms with Crippen LogP contribution < -0.4 is 4.74 Å². The van der Waals surface area contributed by atoms with Crippen molar-refractivity contribution in [3.63, 3.8) is 0 Å². The number of fused-ring (bicyclic) bond motifs is 3. The summed E-state index contributed by atoms with van der Waals surface area (Å²) in [6.07, 6.45) is 6.70. The van der Waals surface area contributed by atoms with Crippen LogP contribution in [0.2, 0.25) is 0 Å². The molecule has 2 saturated heterocycles. The molecule has 6 nitrogen and oxygen atoms in total. The second kappa shape index (κ2) is 8.92. The van der Waals surface area contributed by atoms with Gasteiger partial charge in [0, 0.05) is 56.4 Å². The van der Waals surface area contributed by atoms with Crippen molar-refractivity contribution >= 4 is 21.7 Å². The summed E-state index contributed by atoms with van der Waals surface area (Å²) in [7, 11) is 2.06. The van der Waals surface area contributed by atoms with Gasteiger partial charge in [0.25, 0.3) is 0 Å². The number of rotatable bonds is 6. The summed E-state index contributed by atoms with van der Waals surface area (Å²) in [4.78, 5) is 9.97. The minimum Gasteiger partial charge on any atom is -0.477 e. The Labute approximate surface area is 178 Å². The van der Waals surface area contributed by atoms with E-state index >= 15 is 0 Å². The molecule has 0 amide bonds. The maximum atomic E-state index is 6.31. The van der Waals surface area contributed by atoms with Gasteiger partial charge in [0.1, 0.15) is 0 Å². The summed E-state index contributed by atoms with van der Waals surface area (Å²) in [5.41, 5.74) is 1.00. The van der Waals surface area contributed by atoms with E-state index in [4.69, 9.17) is 14.5 Å². The zero-order valence-electron chi connectivity index (χ0n) is 17.9. The summed E-state index contributed by atoms with van der Waals surface area (Å²) in [5, 5.41) is 3.52. The molecule has 4 heterocycles. The molecule has 2 fully saturated rings. The predicted molar refractivity (Wildman–Crippen MR) is 120 cm³/mol. The lowest BCUT2D eigenvalue weighted by molar-refractivity contribution is 0.0307. The maximum absolute atomic E-state index is 6.31. The molecule has 30 heavy (non-hydrogen) atoms. The SMILES string of the molecule is Cn1cc2c(OCC3CCN(CCN4CCOCC4)CC3)nc3ccccc3c2c1. The summed E-state index contributed by atoms with van der Waals surface area (Å²) < 4.78 is 13.8. The number of nitrogens with zero attached hydrogens (tertiary/aromatic N) is 4. The van der Waals surface area contributed by atoms with Gasteiger partial charge in [-0.1, -0.05) is 18.2 Å². The number of benzene rings is 1. The van der Waals surface area contributed by atoms with Gasteiger partial charge in [0.05, 0.1) is 30.7 Å². The van der Waals surface area contributed by atoms with Crippen LogP contribution in [0.1, 0.15) is 12.8 Å². The zero-order valence-corrected chi connectivity index (χ0v) is 17.9. The molecule has 2 aliphatic rings. The van der Waals surface area contributed by atoms with E-state index in [0.29, 0.717) is 5.92 Å². The molecule has 0 radical (unpaired) electrons. The molecule has 0 bridgehead atoms. The van der Waals surface area contributed by atoms with Gasteiger partial charge >= 0.3 is 0 Å². The molecule has 2 aliphatic heterocycles. The first-order valence-electron chi connectivity index (χ1n) is 11.3. The molecule has 0 atom stereocenters. The topological polar surface area (TPSA) is 42.8 Å². The molecule has 0 spiro atoms. The van der Waals surface area contributed by atoms with E-state index < -0.39 is 0 Å². The van der Waals surface area contributed by atoms with E-state index in [1.807, 2.05) is 6.07 Å². The van der Waals surface area contributed by atoms with E-state index in [9.17, 15) is 0 Å². The highest BCUT2D eigenvalue weighted by Gasteiger charge is 2.21. The summed E-state index contributed by atoms with van der Waals surface area (Å²) >= 11 is 0. The third-order valence-electron chi connectivity index (χ3n) is 6.60. The Bertz CT molecular complexity index is 987. The van der Waals surface area contributed by atoms with Crippen LogP contribution >= 0.6 is 0 Å². The molecule has 0 aliphatic carbocycles. The van der Waals surface area contributed by atoms with Gasteiger partial charge in [-0.2, -0.15) is 0 Å². The van der Waals surface area contributed by atoms with Crippen LogP contribution in [-0.2, 0) is 11.8 Å². The Morgan fingerprint density at radius 3 is 2.43 bits per heavy atom. The third-order valence-corrected chi connectivity index (χ3v) is 6.60. The van der Waals surface area contributed by atoms with E-state index in [1.54, 1.807) is 0 Å². The number of hydrogen-bond acceptors (Lipinski definition) is 5. The first-order valence-corrected chi connectivity index (χ1v) is 11.3. The third kappa shape index (κ3) is 4.31. The second-order valence-electron chi connectivity index (χ2n) is 8.74. The number of piperidine rings is 1. The Morgan fingerprint density at radius 1 is 0.933 bits per heavy atom. The van der Waals surface area contributed by atoms with Crippen molar-refractivity contribution in [3.05, 3.63) is 36.7 Å². The van der Waals surface area contributed by atoms with Crippen LogP contribution in [0, 0.1) is 5.92 Å². The Morgan fingerprint density at radius 2 is 1.63 bits per heavy atom. The van der Waals surface area contributed by atoms with Gasteiger partial charge < -0.3 is 18.9 Å². The van der Waals surface area contributed by atoms with E-state index in [0.717, 1.165) is 56.2 Å². The standard InChI is InChI=1S/C24H32N4O2/c1-26-16-21-20-4-2-3-5-23(20)25-24(22(21)17-26)30-18-19-6-8-27(9-7-19)10-11-28-12-14-29-15-13-28/h2-5,16-17,19H,6-15,18H2,1H3. The molecular formula is C24H32N4O2. The quantitative estimate of drug-likeness (QED) is 0.627. The van der Waals surface area contributed by atoms with Crippen molar-refractivity contribution in [1.82, 2.24) is 19.4 Å². The number of para-hydroxylation sites is 1. The zero-order chi connectivity index (χ0) is 20.3. The fourth-order valence-electron chi connectivity index (χ4n) is 4.73. The fraction of sp³-hybridized carbons (Fsp3) is 0.542. The highest BCUT2D eigenvalue weighted by atomic mass is 16.5. The minimum absolute atomic E-state index is 0.608. The minimum atomic E-state index is 0.608. The van der Waals surface area contributed by atoms with Crippen LogP contribution in [0.4, 0.5) is 0 Å². The largest absolute Gasteiger partial charge is 0.477 e. The molecule has 6 heteroatoms. The Hall–Kier alpha value is -2.15. The number of ether oxygens (including phenoxy) is 2. The van der Waals surface area contributed by atoms with Crippen molar-refractivity contribution in [2.45, 2.75) is 12.8 Å². The molecule has 0 N–H and O–H groups in total. The van der Waals surface area contributed by atoms with Gasteiger partial charge in [-0.25, -0.2) is 4.98 Å². The van der Waals surface area contributed by atoms with Crippen LogP contribution in [0.5, 0.6) is 5.88 Å². The maximum Gasteiger partial charge on any atom is 0.223 e. The van der Waals surface area contributed by atoms with Gasteiger partial charge in [-0.15, -0.1) is 0 Å². The van der Waals surface area contributed by atoms with Crippen molar-refractivity contribution < 1.29 is 9.47 Å². The van der Waals surface area contributed by atoms with Gasteiger partial charge in [-0.05, 0) is 37.9 Å². The van der Waals surface area contributed by atoms with Gasteiger partial charge in [0.15, 0.2) is 0 Å². The number of morpholine rings is 1. The molecule has 2 aromatic heterocycles. The van der Waals surface area contributed by atoms with Crippen molar-refractivity contribution in [2.75, 3.05) is 59.1 Å². The average molecular weight is 409 g/mol. The highest BCUT2D eigenvalue weighted by molar-refractivity contribution is 6.07. The lowest BCUT2D eigenvalue weighted by Crippen LogP contribution is -2.43. The smallest absolute Gasteiger partial charge is 0.223 e. The van der Waals surface area contributed by atoms with Crippen LogP contribution in [-0.4, -0.2) is 78.4 Å². The molecule has 1 aromatic carbocycles. The lowest BCUT2D eigenvalue weighted by atomic mass is 9.98. The van der Waals surface area contributed by atoms with Crippen molar-refractivity contribution in [1.29, 1.82) is 0 Å². The monoisotopic (exact) mass is 408 g/mol. The number of likely N-dealkylation sites (tertiary alicyclic amines) is 1. The van der Waals surface area contributed by atoms with E-state index in [2.05, 4.69) is 52.0 Å². The van der Waals surface area contributed by atoms with E-state index in [1.165, 1.54) is 43.2 Å². The molecule has 0 unspecified atom stereocenters. The summed E-state index contributed by atoms with van der Waals surface area (Å²) in [5.74, 6) is 1.38. The molecule has 3 aromatic rings. The number of hydrogen-bond donors (Lipinski definition) is 0. The Kier molecular flexibility index (Phi) is 5.88. The van der Waals surface area contributed by atoms with Crippen molar-refractivity contribution in [2.24, 2.45) is 13.0 Å². The molecule has 0 saturated carbocycles. The summed E-state index contributed by atoms with van der Waals surface area (Å²) in [6.45, 7) is 9.37. The van der Waals surface area contributed by atoms with Gasteiger partial charge in [-0.3, -0.25) is 4.90 Å². The molecule has 160 valence electrons. The normalized spacial score (nSPS) is 19.6. The number of pyridine rings is 1. The fourth-order valence-corrected chi connectivity index (χ4v) is 4.73. The van der Waals surface area contributed by atoms with Crippen molar-refractivity contribution in [3.8, 4) is 5.88 Å². The van der Waals surface area contributed by atoms with Crippen LogP contribution in [0.15, 0.2) is 36.7 Å². The van der Waals surface area contributed by atoms with Crippen LogP contribution in [0.25, 0.3) is 21.7 Å². The lowest BCUT2D eigenvalue weighted by Gasteiger charge is -2.34. The summed E-state index contributed by atoms with van der Waals surface area (Å²) in [6, 6.07) is 8.33. The first kappa shape index (κ1) is 19.8. The second-order valence-corrected chi connectivity index (χ2v) is 8.74. The first-order chi connectivity index (χ1) is 14.8. The van der Waals surface area contributed by atoms with Gasteiger partial charge in [0.2, 0.25) is 5.88 Å². The molecular weight excluding hydrogens is 376 g/mol. The van der Waals surface area contributed by atoms with Crippen LogP contribution in [0.3, 0.4) is 0 Å². The predicted octanol–water partition coefficient (Wildman–Crippen LogP) is 3.15. The number of aromatic nitrogens is 2. The molecule has 5 rings (SSSR count). The highest BCUT2D eigenvalue weighted by Crippen LogP contribution is 2.32.